The van der Waals surface area contributed by atoms with Crippen LogP contribution in [-0.4, -0.2) is 21.7 Å². The average Bonchev–Trinajstić information content (AvgIpc) is 2.53. The van der Waals surface area contributed by atoms with Crippen LogP contribution in [0.15, 0.2) is 12.1 Å². The Balaban J connectivity index is 2.86. The van der Waals surface area contributed by atoms with Gasteiger partial charge in [0.2, 0.25) is 0 Å². The molecule has 4 nitrogen and oxygen atoms in total. The molecule has 4 heteroatoms. The van der Waals surface area contributed by atoms with E-state index < -0.39 is 0 Å². The zero-order valence-corrected chi connectivity index (χ0v) is 6.53. The number of hydrogen-bond donors (Lipinski definition) is 1. The summed E-state index contributed by atoms with van der Waals surface area (Å²) in [6, 6.07) is 3.52. The Labute approximate surface area is 68.6 Å². The van der Waals surface area contributed by atoms with Crippen LogP contribution in [0.5, 0.6) is 0 Å². The van der Waals surface area contributed by atoms with Crippen molar-refractivity contribution in [1.82, 2.24) is 15.4 Å². The average molecular weight is 161 g/mol. The predicted octanol–water partition coefficient (Wildman–Crippen LogP) is 1.08. The number of fused-ring (bicyclic) bond motifs is 1. The lowest BCUT2D eigenvalue weighted by Crippen LogP contribution is -1.86. The maximum atomic E-state index is 10.5. The number of carbonyl (C=O) groups is 1. The van der Waals surface area contributed by atoms with E-state index in [1.807, 2.05) is 6.92 Å². The Kier molecular flexibility index (Phi) is 1.40. The molecule has 0 fully saturated rings. The van der Waals surface area contributed by atoms with Gasteiger partial charge in [-0.3, -0.25) is 4.79 Å². The van der Waals surface area contributed by atoms with E-state index in [2.05, 4.69) is 15.4 Å². The van der Waals surface area contributed by atoms with Crippen molar-refractivity contribution >= 4 is 17.3 Å². The topological polar surface area (TPSA) is 58.6 Å². The Bertz CT molecular complexity index is 433. The molecule has 0 amide bonds. The van der Waals surface area contributed by atoms with Crippen molar-refractivity contribution in [3.63, 3.8) is 0 Å². The first-order chi connectivity index (χ1) is 5.83. The number of aryl methyl sites for hydroxylation is 1. The van der Waals surface area contributed by atoms with Crippen LogP contribution in [-0.2, 0) is 0 Å². The second-order valence-electron chi connectivity index (χ2n) is 2.59. The van der Waals surface area contributed by atoms with E-state index >= 15 is 0 Å². The molecule has 0 spiro atoms. The zero-order chi connectivity index (χ0) is 8.55. The summed E-state index contributed by atoms with van der Waals surface area (Å²) >= 11 is 0. The van der Waals surface area contributed by atoms with Crippen molar-refractivity contribution in [3.8, 4) is 0 Å². The Hall–Kier alpha value is -1.71. The molecule has 60 valence electrons. The van der Waals surface area contributed by atoms with Crippen molar-refractivity contribution in [1.29, 1.82) is 0 Å². The van der Waals surface area contributed by atoms with Crippen LogP contribution in [0.4, 0.5) is 0 Å². The zero-order valence-electron chi connectivity index (χ0n) is 6.53. The molecule has 0 saturated heterocycles. The minimum Gasteiger partial charge on any atom is -0.298 e. The summed E-state index contributed by atoms with van der Waals surface area (Å²) < 4.78 is 0. The molecule has 12 heavy (non-hydrogen) atoms. The van der Waals surface area contributed by atoms with Crippen LogP contribution in [0.2, 0.25) is 0 Å². The first-order valence-corrected chi connectivity index (χ1v) is 3.58. The fourth-order valence-electron chi connectivity index (χ4n) is 1.19. The smallest absolute Gasteiger partial charge is 0.150 e. The summed E-state index contributed by atoms with van der Waals surface area (Å²) in [5.74, 6) is 0. The number of rotatable bonds is 1. The van der Waals surface area contributed by atoms with Crippen LogP contribution >= 0.6 is 0 Å². The molecule has 0 atom stereocenters. The lowest BCUT2D eigenvalue weighted by molar-refractivity contribution is 0.112. The number of aromatic nitrogens is 3. The van der Waals surface area contributed by atoms with E-state index in [4.69, 9.17) is 0 Å². The first-order valence-electron chi connectivity index (χ1n) is 3.58. The van der Waals surface area contributed by atoms with Crippen LogP contribution in [0.25, 0.3) is 11.0 Å². The third kappa shape index (κ3) is 0.812. The lowest BCUT2D eigenvalue weighted by Gasteiger charge is -1.95. The van der Waals surface area contributed by atoms with E-state index in [1.54, 1.807) is 12.1 Å². The van der Waals surface area contributed by atoms with Crippen molar-refractivity contribution in [2.75, 3.05) is 0 Å². The molecule has 2 rings (SSSR count). The highest BCUT2D eigenvalue weighted by Crippen LogP contribution is 2.15. The molecule has 1 N–H and O–H groups in total. The minimum absolute atomic E-state index is 0.663. The van der Waals surface area contributed by atoms with Gasteiger partial charge in [0.05, 0.1) is 0 Å². The number of nitrogens with one attached hydrogen (secondary N) is 1. The molecule has 0 aliphatic heterocycles. The third-order valence-corrected chi connectivity index (χ3v) is 1.91. The van der Waals surface area contributed by atoms with Crippen LogP contribution in [0.3, 0.4) is 0 Å². The van der Waals surface area contributed by atoms with Crippen LogP contribution in [0.1, 0.15) is 15.9 Å². The van der Waals surface area contributed by atoms with E-state index in [9.17, 15) is 4.79 Å². The Morgan fingerprint density at radius 3 is 3.00 bits per heavy atom. The molecule has 1 aromatic heterocycles. The number of benzene rings is 1. The monoisotopic (exact) mass is 161 g/mol. The van der Waals surface area contributed by atoms with Crippen molar-refractivity contribution in [2.45, 2.75) is 6.92 Å². The normalized spacial score (nSPS) is 10.4. The fraction of sp³-hybridized carbons (Fsp3) is 0.125. The van der Waals surface area contributed by atoms with Gasteiger partial charge in [0, 0.05) is 5.56 Å². The van der Waals surface area contributed by atoms with E-state index in [-0.39, 0.29) is 0 Å². The second kappa shape index (κ2) is 2.41. The molecule has 0 aliphatic carbocycles. The maximum Gasteiger partial charge on any atom is 0.150 e. The van der Waals surface area contributed by atoms with Crippen molar-refractivity contribution in [3.05, 3.63) is 23.3 Å². The highest BCUT2D eigenvalue weighted by molar-refractivity contribution is 5.88. The first kappa shape index (κ1) is 6.97. The van der Waals surface area contributed by atoms with Gasteiger partial charge in [0.15, 0.2) is 0 Å². The van der Waals surface area contributed by atoms with Gasteiger partial charge in [-0.05, 0) is 24.6 Å². The van der Waals surface area contributed by atoms with Crippen LogP contribution < -0.4 is 0 Å². The molecule has 2 aromatic rings. The van der Waals surface area contributed by atoms with Gasteiger partial charge < -0.3 is 0 Å². The molecule has 1 heterocycles. The molecule has 0 saturated carbocycles. The van der Waals surface area contributed by atoms with Gasteiger partial charge in [0.1, 0.15) is 17.3 Å². The minimum atomic E-state index is 0.663. The third-order valence-electron chi connectivity index (χ3n) is 1.91. The Morgan fingerprint density at radius 2 is 2.25 bits per heavy atom. The fourth-order valence-corrected chi connectivity index (χ4v) is 1.19. The SMILES string of the molecule is Cc1c(C=O)ccc2n[nH]nc12. The highest BCUT2D eigenvalue weighted by atomic mass is 16.1. The van der Waals surface area contributed by atoms with Gasteiger partial charge in [-0.2, -0.15) is 15.4 Å². The highest BCUT2D eigenvalue weighted by Gasteiger charge is 2.04. The van der Waals surface area contributed by atoms with E-state index in [0.29, 0.717) is 5.56 Å². The number of hydrogen-bond acceptors (Lipinski definition) is 3. The molecule has 0 radical (unpaired) electrons. The quantitative estimate of drug-likeness (QED) is 0.636. The molecular weight excluding hydrogens is 154 g/mol. The summed E-state index contributed by atoms with van der Waals surface area (Å²) in [6.45, 7) is 1.86. The number of H-pyrrole nitrogens is 1. The van der Waals surface area contributed by atoms with Gasteiger partial charge in [-0.25, -0.2) is 0 Å². The van der Waals surface area contributed by atoms with E-state index in [0.717, 1.165) is 22.9 Å². The standard InChI is InChI=1S/C8H7N3O/c1-5-6(4-12)2-3-7-8(5)10-11-9-7/h2-4H,1H3,(H,9,10,11). The molecular formula is C8H7N3O. The predicted molar refractivity (Wildman–Crippen MR) is 44.0 cm³/mol. The van der Waals surface area contributed by atoms with Crippen molar-refractivity contribution in [2.24, 2.45) is 0 Å². The molecule has 0 bridgehead atoms. The number of aldehydes is 1. The van der Waals surface area contributed by atoms with Gasteiger partial charge in [-0.1, -0.05) is 0 Å². The summed E-state index contributed by atoms with van der Waals surface area (Å²) in [5.41, 5.74) is 3.09. The summed E-state index contributed by atoms with van der Waals surface area (Å²) in [6.07, 6.45) is 0.823. The summed E-state index contributed by atoms with van der Waals surface area (Å²) in [7, 11) is 0. The van der Waals surface area contributed by atoms with E-state index in [1.165, 1.54) is 0 Å². The van der Waals surface area contributed by atoms with Gasteiger partial charge >= 0.3 is 0 Å². The Morgan fingerprint density at radius 1 is 1.42 bits per heavy atom. The maximum absolute atomic E-state index is 10.5. The lowest BCUT2D eigenvalue weighted by atomic mass is 10.1. The molecule has 0 aliphatic rings. The number of nitrogens with zero attached hydrogens (tertiary/aromatic N) is 2. The number of carbonyl (C=O) groups excluding carboxylic acids is 1. The second-order valence-corrected chi connectivity index (χ2v) is 2.59. The largest absolute Gasteiger partial charge is 0.298 e. The van der Waals surface area contributed by atoms with Gasteiger partial charge in [0.25, 0.3) is 0 Å². The summed E-state index contributed by atoms with van der Waals surface area (Å²) in [5, 5.41) is 10.3. The van der Waals surface area contributed by atoms with Crippen LogP contribution in [0, 0.1) is 6.92 Å². The molecule has 1 aromatic carbocycles. The number of aromatic amines is 1. The van der Waals surface area contributed by atoms with Gasteiger partial charge in [-0.15, -0.1) is 0 Å². The molecule has 0 unspecified atom stereocenters. The summed E-state index contributed by atoms with van der Waals surface area (Å²) in [4.78, 5) is 10.5. The van der Waals surface area contributed by atoms with Crippen molar-refractivity contribution < 1.29 is 4.79 Å².